The van der Waals surface area contributed by atoms with Crippen molar-refractivity contribution >= 4 is 45.4 Å². The molecule has 14 heteroatoms. The van der Waals surface area contributed by atoms with Crippen LogP contribution >= 0.6 is 0 Å². The van der Waals surface area contributed by atoms with Crippen LogP contribution in [0.15, 0.2) is 23.2 Å². The second kappa shape index (κ2) is 9.44. The van der Waals surface area contributed by atoms with Gasteiger partial charge in [0.05, 0.1) is 11.9 Å². The fourth-order valence-electron chi connectivity index (χ4n) is 3.69. The van der Waals surface area contributed by atoms with Crippen LogP contribution < -0.4 is 20.7 Å². The molecule has 186 valence electrons. The number of nitrogens with zero attached hydrogens (tertiary/aromatic N) is 3. The van der Waals surface area contributed by atoms with Crippen LogP contribution in [0.25, 0.3) is 0 Å². The fraction of sp³-hybridized carbons (Fsp3) is 0.429. The van der Waals surface area contributed by atoms with Gasteiger partial charge in [-0.15, -0.1) is 10.2 Å². The summed E-state index contributed by atoms with van der Waals surface area (Å²) in [6.07, 6.45) is 4.88. The molecule has 13 nitrogen and oxygen atoms in total. The van der Waals surface area contributed by atoms with Crippen LogP contribution in [0.3, 0.4) is 0 Å². The average molecular weight is 508 g/mol. The van der Waals surface area contributed by atoms with Gasteiger partial charge in [-0.25, -0.2) is 13.4 Å². The minimum atomic E-state index is -3.90. The Hall–Kier alpha value is -3.81. The molecule has 0 bridgehead atoms. The van der Waals surface area contributed by atoms with E-state index in [0.717, 1.165) is 25.5 Å². The summed E-state index contributed by atoms with van der Waals surface area (Å²) < 4.78 is 56.7. The van der Waals surface area contributed by atoms with Gasteiger partial charge in [-0.1, -0.05) is 0 Å². The highest BCUT2D eigenvalue weighted by Crippen LogP contribution is 2.70. The number of carbonyl (C=O) groups excluding carboxylic acids is 3. The molecule has 4 rings (SSSR count). The van der Waals surface area contributed by atoms with E-state index in [1.54, 1.807) is 5.32 Å². The molecule has 0 radical (unpaired) electrons. The highest BCUT2D eigenvalue weighted by Gasteiger charge is 2.65. The number of sulfone groups is 1. The Morgan fingerprint density at radius 1 is 1.29 bits per heavy atom. The molecular weight excluding hydrogens is 480 g/mol. The van der Waals surface area contributed by atoms with Crippen molar-refractivity contribution in [2.75, 3.05) is 37.1 Å². The second-order valence-electron chi connectivity index (χ2n) is 8.28. The van der Waals surface area contributed by atoms with Crippen LogP contribution in [0.1, 0.15) is 33.9 Å². The Morgan fingerprint density at radius 3 is 2.74 bits per heavy atom. The van der Waals surface area contributed by atoms with E-state index in [9.17, 15) is 22.8 Å². The fourth-order valence-corrected chi connectivity index (χ4v) is 4.47. The van der Waals surface area contributed by atoms with Crippen molar-refractivity contribution in [3.05, 3.63) is 24.0 Å². The number of hydrogen-bond acceptors (Lipinski definition) is 11. The van der Waals surface area contributed by atoms with Gasteiger partial charge in [-0.05, 0) is 24.7 Å². The maximum absolute atomic E-state index is 12.6. The second-order valence-corrected chi connectivity index (χ2v) is 10.3. The van der Waals surface area contributed by atoms with E-state index in [0.29, 0.717) is 0 Å². The van der Waals surface area contributed by atoms with Crippen LogP contribution in [-0.4, -0.2) is 68.3 Å². The monoisotopic (exact) mass is 507 g/mol. The molecule has 2 heterocycles. The first kappa shape index (κ1) is 20.6. The molecule has 1 atom stereocenters. The van der Waals surface area contributed by atoms with E-state index < -0.39 is 28.4 Å². The van der Waals surface area contributed by atoms with Crippen molar-refractivity contribution in [2.45, 2.75) is 24.2 Å². The Kier molecular flexibility index (Phi) is 5.55. The molecule has 2 aromatic heterocycles. The molecule has 2 aromatic rings. The lowest BCUT2D eigenvalue weighted by Crippen LogP contribution is -2.23. The molecule has 0 saturated heterocycles. The molecule has 2 saturated carbocycles. The summed E-state index contributed by atoms with van der Waals surface area (Å²) >= 11 is 0. The molecule has 35 heavy (non-hydrogen) atoms. The van der Waals surface area contributed by atoms with Crippen molar-refractivity contribution in [3.8, 4) is 5.75 Å². The van der Waals surface area contributed by atoms with Gasteiger partial charge in [0.1, 0.15) is 29.7 Å². The maximum atomic E-state index is 12.6. The quantitative estimate of drug-likeness (QED) is 0.287. The molecule has 0 unspecified atom stereocenters. The van der Waals surface area contributed by atoms with Gasteiger partial charge in [0.25, 0.3) is 12.4 Å². The van der Waals surface area contributed by atoms with Gasteiger partial charge >= 0.3 is 0 Å². The van der Waals surface area contributed by atoms with Gasteiger partial charge in [-0.2, -0.15) is 0 Å². The Morgan fingerprint density at radius 2 is 2.09 bits per heavy atom. The molecule has 3 N–H and O–H groups in total. The number of aromatic nitrogens is 3. The van der Waals surface area contributed by atoms with Crippen molar-refractivity contribution in [1.82, 2.24) is 20.5 Å². The summed E-state index contributed by atoms with van der Waals surface area (Å²) in [5, 5.41) is 14.7. The molecule has 2 fully saturated rings. The Bertz CT molecular complexity index is 1380. The highest BCUT2D eigenvalue weighted by atomic mass is 32.2. The van der Waals surface area contributed by atoms with Gasteiger partial charge in [-0.3, -0.25) is 14.4 Å². The average Bonchev–Trinajstić information content (AvgIpc) is 3.74. The van der Waals surface area contributed by atoms with Crippen LogP contribution in [0, 0.1) is 11.3 Å². The van der Waals surface area contributed by atoms with E-state index in [4.69, 9.17) is 8.85 Å². The topological polar surface area (TPSA) is 179 Å². The number of pyridine rings is 1. The first-order valence-corrected chi connectivity index (χ1v) is 12.4. The number of nitrogens with one attached hydrogen (secondary N) is 3. The number of rotatable bonds is 11. The summed E-state index contributed by atoms with van der Waals surface area (Å²) in [6.45, 7) is -2.73. The summed E-state index contributed by atoms with van der Waals surface area (Å²) in [5.74, 6) is -1.70. The van der Waals surface area contributed by atoms with Crippen LogP contribution in [0.2, 0.25) is 0 Å². The van der Waals surface area contributed by atoms with E-state index >= 15 is 0 Å². The smallest absolute Gasteiger partial charge is 0.293 e. The lowest BCUT2D eigenvalue weighted by molar-refractivity contribution is -0.129. The van der Waals surface area contributed by atoms with Crippen LogP contribution in [-0.2, 0) is 24.2 Å². The first-order chi connectivity index (χ1) is 17.8. The molecular formula is C21H24N6O7S. The SMILES string of the molecule is [2H]C([2H])([2H])NC(=O)c1nnc(NC(=O)[C@@H]2CC23CC3)cc1Nc1ncc(OCCOC=O)cc1S(C)(=O)=O. The first-order valence-electron chi connectivity index (χ1n) is 12.0. The molecule has 2 aliphatic rings. The largest absolute Gasteiger partial charge is 0.488 e. The molecule has 0 aromatic carbocycles. The number of amides is 2. The maximum Gasteiger partial charge on any atom is 0.293 e. The third-order valence-electron chi connectivity index (χ3n) is 5.79. The minimum absolute atomic E-state index is 0.0262. The zero-order chi connectivity index (χ0) is 27.7. The summed E-state index contributed by atoms with van der Waals surface area (Å²) in [4.78, 5) is 39.2. The van der Waals surface area contributed by atoms with Crippen molar-refractivity contribution in [3.63, 3.8) is 0 Å². The Labute approximate surface area is 205 Å². The third-order valence-corrected chi connectivity index (χ3v) is 6.90. The van der Waals surface area contributed by atoms with E-state index in [1.807, 2.05) is 0 Å². The molecule has 1 spiro atoms. The minimum Gasteiger partial charge on any atom is -0.488 e. The lowest BCUT2D eigenvalue weighted by atomic mass is 10.2. The van der Waals surface area contributed by atoms with Crippen LogP contribution in [0.4, 0.5) is 17.3 Å². The number of ether oxygens (including phenoxy) is 2. The number of hydrogen-bond donors (Lipinski definition) is 3. The third kappa shape index (κ3) is 5.48. The molecule has 2 aliphatic carbocycles. The van der Waals surface area contributed by atoms with Gasteiger partial charge in [0.2, 0.25) is 5.91 Å². The van der Waals surface area contributed by atoms with E-state index in [2.05, 4.69) is 30.6 Å². The number of anilines is 3. The zero-order valence-corrected chi connectivity index (χ0v) is 19.3. The van der Waals surface area contributed by atoms with Crippen molar-refractivity contribution in [2.24, 2.45) is 11.3 Å². The predicted octanol–water partition coefficient (Wildman–Crippen LogP) is 0.669. The highest BCUT2D eigenvalue weighted by molar-refractivity contribution is 7.90. The number of carbonyl (C=O) groups is 3. The molecule has 0 aliphatic heterocycles. The van der Waals surface area contributed by atoms with Crippen molar-refractivity contribution < 1.29 is 36.4 Å². The zero-order valence-electron chi connectivity index (χ0n) is 21.5. The van der Waals surface area contributed by atoms with E-state index in [-0.39, 0.29) is 64.9 Å². The predicted molar refractivity (Wildman–Crippen MR) is 122 cm³/mol. The van der Waals surface area contributed by atoms with E-state index in [1.165, 1.54) is 18.3 Å². The summed E-state index contributed by atoms with van der Waals surface area (Å²) in [7, 11) is -3.90. The van der Waals surface area contributed by atoms with Gasteiger partial charge in [0, 0.05) is 35.4 Å². The lowest BCUT2D eigenvalue weighted by Gasteiger charge is -2.15. The standard InChI is InChI=1S/C21H24N6O7S/c1-22-20(30)17-14(8-16(26-27-17)25-19(29)13-9-21(13)3-4-21)24-18-15(35(2,31)32)7-12(10-23-18)34-6-5-33-11-28/h7-8,10-11,13H,3-6,9H2,1-2H3,(H,22,30)(H2,23,24,25,26,29)/t13-/m0/s1/i1D3. The summed E-state index contributed by atoms with van der Waals surface area (Å²) in [6, 6.07) is 2.41. The summed E-state index contributed by atoms with van der Waals surface area (Å²) in [5.41, 5.74) is -0.550. The van der Waals surface area contributed by atoms with Gasteiger partial charge < -0.3 is 25.4 Å². The van der Waals surface area contributed by atoms with Crippen LogP contribution in [0.5, 0.6) is 5.75 Å². The molecule has 2 amide bonds. The van der Waals surface area contributed by atoms with Gasteiger partial charge in [0.15, 0.2) is 21.3 Å². The normalized spacial score (nSPS) is 18.9. The Balaban J connectivity index is 1.64. The van der Waals surface area contributed by atoms with Crippen molar-refractivity contribution in [1.29, 1.82) is 0 Å².